The number of aromatic nitrogens is 2. The zero-order valence-electron chi connectivity index (χ0n) is 16.1. The number of rotatable bonds is 4. The van der Waals surface area contributed by atoms with E-state index in [1.807, 2.05) is 62.4 Å². The van der Waals surface area contributed by atoms with Crippen LogP contribution < -0.4 is 0 Å². The van der Waals surface area contributed by atoms with Crippen molar-refractivity contribution in [3.63, 3.8) is 0 Å². The van der Waals surface area contributed by atoms with Crippen LogP contribution in [-0.2, 0) is 16.1 Å². The molecule has 144 valence electrons. The van der Waals surface area contributed by atoms with Gasteiger partial charge in [0.1, 0.15) is 11.8 Å². The second-order valence-corrected chi connectivity index (χ2v) is 7.24. The van der Waals surface area contributed by atoms with Gasteiger partial charge in [-0.15, -0.1) is 0 Å². The summed E-state index contributed by atoms with van der Waals surface area (Å²) in [6, 6.07) is 15.7. The number of para-hydroxylation sites is 1. The van der Waals surface area contributed by atoms with Gasteiger partial charge >= 0.3 is 5.97 Å². The molecule has 0 saturated carbocycles. The monoisotopic (exact) mass is 402 g/mol. The smallest absolute Gasteiger partial charge is 0.331 e. The Kier molecular flexibility index (Phi) is 5.28. The third-order valence-corrected chi connectivity index (χ3v) is 5.30. The number of carbonyl (C=O) groups excluding carboxylic acids is 1. The van der Waals surface area contributed by atoms with Gasteiger partial charge in [-0.1, -0.05) is 48.0 Å². The van der Waals surface area contributed by atoms with Crippen molar-refractivity contribution in [2.24, 2.45) is 0 Å². The quantitative estimate of drug-likeness (QED) is 0.245. The summed E-state index contributed by atoms with van der Waals surface area (Å²) in [6.07, 6.45) is 4.85. The molecule has 2 heterocycles. The van der Waals surface area contributed by atoms with Crippen LogP contribution in [0.2, 0.25) is 5.15 Å². The second kappa shape index (κ2) is 8.02. The molecule has 0 fully saturated rings. The lowest BCUT2D eigenvalue weighted by atomic mass is 10.0. The fourth-order valence-electron chi connectivity index (χ4n) is 3.22. The molecule has 0 aliphatic rings. The van der Waals surface area contributed by atoms with Gasteiger partial charge in [-0.3, -0.25) is 4.98 Å². The minimum absolute atomic E-state index is 0.0612. The summed E-state index contributed by atoms with van der Waals surface area (Å²) in [5.41, 5.74) is 5.50. The number of fused-ring (bicyclic) bond motifs is 2. The van der Waals surface area contributed by atoms with Gasteiger partial charge in [-0.2, -0.15) is 0 Å². The molecule has 4 nitrogen and oxygen atoms in total. The summed E-state index contributed by atoms with van der Waals surface area (Å²) in [7, 11) is 0. The molecule has 0 radical (unpaired) electrons. The van der Waals surface area contributed by atoms with Crippen molar-refractivity contribution >= 4 is 45.5 Å². The Balaban J connectivity index is 1.50. The summed E-state index contributed by atoms with van der Waals surface area (Å²) in [5.74, 6) is -0.450. The van der Waals surface area contributed by atoms with Gasteiger partial charge in [0.15, 0.2) is 0 Å². The number of hydrogen-bond acceptors (Lipinski definition) is 4. The number of ether oxygens (including phenoxy) is 1. The molecule has 29 heavy (non-hydrogen) atoms. The molecule has 0 amide bonds. The second-order valence-electron chi connectivity index (χ2n) is 6.88. The SMILES string of the molecule is Cc1ccc2cc(COC(=O)/C=C\c3cccc4cccnc34)c(Cl)nc2c1C. The molecule has 2 aromatic heterocycles. The van der Waals surface area contributed by atoms with E-state index in [0.29, 0.717) is 10.7 Å². The van der Waals surface area contributed by atoms with Crippen molar-refractivity contribution in [3.05, 3.63) is 88.2 Å². The highest BCUT2D eigenvalue weighted by molar-refractivity contribution is 6.30. The number of carbonyl (C=O) groups is 1. The molecule has 0 bridgehead atoms. The first kappa shape index (κ1) is 19.1. The fraction of sp³-hybridized carbons (Fsp3) is 0.125. The molecule has 0 unspecified atom stereocenters. The van der Waals surface area contributed by atoms with Crippen LogP contribution in [0.1, 0.15) is 22.3 Å². The third kappa shape index (κ3) is 3.98. The Morgan fingerprint density at radius 1 is 1.07 bits per heavy atom. The summed E-state index contributed by atoms with van der Waals surface area (Å²) in [6.45, 7) is 4.12. The molecule has 4 rings (SSSR count). The van der Waals surface area contributed by atoms with Crippen molar-refractivity contribution < 1.29 is 9.53 Å². The van der Waals surface area contributed by atoms with Gasteiger partial charge in [0, 0.05) is 34.2 Å². The maximum absolute atomic E-state index is 12.2. The van der Waals surface area contributed by atoms with Crippen LogP contribution in [0.3, 0.4) is 0 Å². The average molecular weight is 403 g/mol. The molecule has 4 aromatic rings. The molecule has 0 atom stereocenters. The van der Waals surface area contributed by atoms with Gasteiger partial charge in [0.2, 0.25) is 0 Å². The van der Waals surface area contributed by atoms with Crippen LogP contribution in [0.25, 0.3) is 27.9 Å². The summed E-state index contributed by atoms with van der Waals surface area (Å²) < 4.78 is 5.37. The van der Waals surface area contributed by atoms with Crippen LogP contribution in [0.5, 0.6) is 0 Å². The summed E-state index contributed by atoms with van der Waals surface area (Å²) in [5, 5.41) is 2.34. The molecule has 0 aliphatic heterocycles. The minimum Gasteiger partial charge on any atom is -0.458 e. The first-order chi connectivity index (χ1) is 14.0. The average Bonchev–Trinajstić information content (AvgIpc) is 2.74. The molecule has 0 N–H and O–H groups in total. The van der Waals surface area contributed by atoms with Gasteiger partial charge in [0.25, 0.3) is 0 Å². The van der Waals surface area contributed by atoms with E-state index < -0.39 is 5.97 Å². The normalized spacial score (nSPS) is 11.4. The molecular formula is C24H19ClN2O2. The highest BCUT2D eigenvalue weighted by Crippen LogP contribution is 2.25. The number of benzene rings is 2. The molecule has 0 saturated heterocycles. The molecular weight excluding hydrogens is 384 g/mol. The highest BCUT2D eigenvalue weighted by atomic mass is 35.5. The van der Waals surface area contributed by atoms with Crippen LogP contribution in [0, 0.1) is 13.8 Å². The van der Waals surface area contributed by atoms with Gasteiger partial charge in [-0.25, -0.2) is 9.78 Å². The number of aryl methyl sites for hydroxylation is 2. The molecule has 0 aliphatic carbocycles. The Morgan fingerprint density at radius 3 is 2.76 bits per heavy atom. The lowest BCUT2D eigenvalue weighted by molar-refractivity contribution is -0.138. The van der Waals surface area contributed by atoms with Gasteiger partial charge < -0.3 is 4.74 Å². The Labute approximate surface area is 173 Å². The number of hydrogen-bond donors (Lipinski definition) is 0. The third-order valence-electron chi connectivity index (χ3n) is 4.97. The zero-order valence-corrected chi connectivity index (χ0v) is 16.9. The zero-order chi connectivity index (χ0) is 20.4. The standard InChI is InChI=1S/C24H19ClN2O2/c1-15-8-9-19-13-20(24(25)27-22(19)16(15)2)14-29-21(28)11-10-18-6-3-5-17-7-4-12-26-23(17)18/h3-13H,14H2,1-2H3/b11-10-. The maximum atomic E-state index is 12.2. The number of nitrogens with zero attached hydrogens (tertiary/aromatic N) is 2. The Morgan fingerprint density at radius 2 is 1.90 bits per heavy atom. The summed E-state index contributed by atoms with van der Waals surface area (Å²) >= 11 is 6.32. The van der Waals surface area contributed by atoms with Gasteiger partial charge in [0.05, 0.1) is 11.0 Å². The van der Waals surface area contributed by atoms with Crippen LogP contribution in [-0.4, -0.2) is 15.9 Å². The topological polar surface area (TPSA) is 52.1 Å². The van der Waals surface area contributed by atoms with Crippen LogP contribution >= 0.6 is 11.6 Å². The van der Waals surface area contributed by atoms with Crippen molar-refractivity contribution in [3.8, 4) is 0 Å². The van der Waals surface area contributed by atoms with Crippen molar-refractivity contribution in [2.75, 3.05) is 0 Å². The van der Waals surface area contributed by atoms with Crippen molar-refractivity contribution in [1.29, 1.82) is 0 Å². The van der Waals surface area contributed by atoms with E-state index in [0.717, 1.165) is 38.5 Å². The minimum atomic E-state index is -0.450. The van der Waals surface area contributed by atoms with E-state index in [-0.39, 0.29) is 6.61 Å². The van der Waals surface area contributed by atoms with E-state index in [1.54, 1.807) is 12.3 Å². The van der Waals surface area contributed by atoms with Crippen molar-refractivity contribution in [2.45, 2.75) is 20.5 Å². The van der Waals surface area contributed by atoms with Crippen LogP contribution in [0.4, 0.5) is 0 Å². The Bertz CT molecular complexity index is 1260. The van der Waals surface area contributed by atoms with E-state index in [4.69, 9.17) is 16.3 Å². The van der Waals surface area contributed by atoms with E-state index in [1.165, 1.54) is 6.08 Å². The lowest BCUT2D eigenvalue weighted by Gasteiger charge is -2.09. The van der Waals surface area contributed by atoms with E-state index >= 15 is 0 Å². The van der Waals surface area contributed by atoms with Gasteiger partial charge in [-0.05, 0) is 43.2 Å². The fourth-order valence-corrected chi connectivity index (χ4v) is 3.42. The lowest BCUT2D eigenvalue weighted by Crippen LogP contribution is -2.02. The number of pyridine rings is 2. The predicted molar refractivity (Wildman–Crippen MR) is 117 cm³/mol. The number of halogens is 1. The Hall–Kier alpha value is -3.24. The maximum Gasteiger partial charge on any atom is 0.331 e. The largest absolute Gasteiger partial charge is 0.458 e. The predicted octanol–water partition coefficient (Wildman–Crippen LogP) is 5.81. The number of esters is 1. The molecule has 5 heteroatoms. The molecule has 2 aromatic carbocycles. The summed E-state index contributed by atoms with van der Waals surface area (Å²) in [4.78, 5) is 21.1. The molecule has 0 spiro atoms. The van der Waals surface area contributed by atoms with E-state index in [2.05, 4.69) is 9.97 Å². The highest BCUT2D eigenvalue weighted by Gasteiger charge is 2.10. The van der Waals surface area contributed by atoms with Crippen molar-refractivity contribution in [1.82, 2.24) is 9.97 Å². The first-order valence-corrected chi connectivity index (χ1v) is 9.64. The first-order valence-electron chi connectivity index (χ1n) is 9.27. The van der Waals surface area contributed by atoms with Crippen LogP contribution in [0.15, 0.2) is 60.8 Å². The van der Waals surface area contributed by atoms with E-state index in [9.17, 15) is 4.79 Å².